The first kappa shape index (κ1) is 31.9. The summed E-state index contributed by atoms with van der Waals surface area (Å²) < 4.78 is 12.2. The van der Waals surface area contributed by atoms with E-state index in [1.165, 1.54) is 9.79 Å². The van der Waals surface area contributed by atoms with E-state index in [1.807, 2.05) is 85.8 Å². The van der Waals surface area contributed by atoms with Crippen LogP contribution in [0.15, 0.2) is 158 Å². The van der Waals surface area contributed by atoms with Crippen LogP contribution in [0.3, 0.4) is 0 Å². The average molecular weight is 665 g/mol. The van der Waals surface area contributed by atoms with Gasteiger partial charge >= 0.3 is 0 Å². The van der Waals surface area contributed by atoms with Crippen LogP contribution in [0.25, 0.3) is 11.1 Å². The third-order valence-corrected chi connectivity index (χ3v) is 10.1. The second kappa shape index (κ2) is 15.0. The number of ether oxygens (including phenoxy) is 2. The highest BCUT2D eigenvalue weighted by Crippen LogP contribution is 2.38. The fourth-order valence-electron chi connectivity index (χ4n) is 4.83. The van der Waals surface area contributed by atoms with Crippen LogP contribution in [0.5, 0.6) is 23.0 Å². The van der Waals surface area contributed by atoms with Crippen molar-refractivity contribution in [2.24, 2.45) is 0 Å². The molecule has 7 heteroatoms. The third-order valence-electron chi connectivity index (χ3n) is 7.29. The predicted molar refractivity (Wildman–Crippen MR) is 192 cm³/mol. The second-order valence-electron chi connectivity index (χ2n) is 10.4. The molecule has 0 aliphatic carbocycles. The molecule has 6 aromatic rings. The van der Waals surface area contributed by atoms with Crippen molar-refractivity contribution in [3.63, 3.8) is 0 Å². The van der Waals surface area contributed by atoms with Gasteiger partial charge in [-0.05, 0) is 121 Å². The first-order chi connectivity index (χ1) is 23.0. The van der Waals surface area contributed by atoms with E-state index in [0.29, 0.717) is 34.1 Å². The Hall–Kier alpha value is -5.05. The number of rotatable bonds is 10. The molecule has 0 heterocycles. The first-order valence-corrected chi connectivity index (χ1v) is 17.6. The molecule has 6 aromatic carbocycles. The van der Waals surface area contributed by atoms with Gasteiger partial charge in [-0.15, -0.1) is 11.8 Å². The van der Waals surface area contributed by atoms with Crippen LogP contribution in [0.4, 0.5) is 0 Å². The SMILES string of the molecule is CSc1ccc(Sc2ccc(Sc3cccc(Oc4ccc(-c5ccc(Oc6cccc(C)c6C#N)cc5)cc4)c3C#N)cc2)cc1. The summed E-state index contributed by atoms with van der Waals surface area (Å²) in [5.41, 5.74) is 3.94. The lowest BCUT2D eigenvalue weighted by molar-refractivity contribution is 0.479. The summed E-state index contributed by atoms with van der Waals surface area (Å²) in [6.45, 7) is 1.89. The highest BCUT2D eigenvalue weighted by Gasteiger charge is 2.13. The summed E-state index contributed by atoms with van der Waals surface area (Å²) in [6, 6.07) is 48.3. The summed E-state index contributed by atoms with van der Waals surface area (Å²) in [4.78, 5) is 5.50. The number of nitrogens with zero attached hydrogens (tertiary/aromatic N) is 2. The molecule has 0 spiro atoms. The Morgan fingerprint density at radius 2 is 0.936 bits per heavy atom. The summed E-state index contributed by atoms with van der Waals surface area (Å²) in [5, 5.41) is 19.6. The molecule has 228 valence electrons. The van der Waals surface area contributed by atoms with E-state index < -0.39 is 0 Å². The largest absolute Gasteiger partial charge is 0.456 e. The van der Waals surface area contributed by atoms with Gasteiger partial charge in [0.1, 0.15) is 40.7 Å². The van der Waals surface area contributed by atoms with Gasteiger partial charge in [-0.1, -0.05) is 66.0 Å². The van der Waals surface area contributed by atoms with E-state index in [4.69, 9.17) is 9.47 Å². The molecule has 4 nitrogen and oxygen atoms in total. The number of aryl methyl sites for hydroxylation is 1. The van der Waals surface area contributed by atoms with Crippen molar-refractivity contribution < 1.29 is 9.47 Å². The molecule has 0 radical (unpaired) electrons. The lowest BCUT2D eigenvalue weighted by Crippen LogP contribution is -1.91. The summed E-state index contributed by atoms with van der Waals surface area (Å²) in [5.74, 6) is 2.36. The summed E-state index contributed by atoms with van der Waals surface area (Å²) >= 11 is 5.01. The minimum Gasteiger partial charge on any atom is -0.456 e. The molecule has 0 atom stereocenters. The van der Waals surface area contributed by atoms with Gasteiger partial charge in [-0.2, -0.15) is 10.5 Å². The van der Waals surface area contributed by atoms with Gasteiger partial charge in [0.15, 0.2) is 0 Å². The highest BCUT2D eigenvalue weighted by atomic mass is 32.2. The van der Waals surface area contributed by atoms with Gasteiger partial charge in [-0.3, -0.25) is 0 Å². The molecule has 6 rings (SSSR count). The minimum atomic E-state index is 0.498. The van der Waals surface area contributed by atoms with Crippen LogP contribution in [-0.2, 0) is 0 Å². The van der Waals surface area contributed by atoms with Gasteiger partial charge in [0, 0.05) is 24.5 Å². The van der Waals surface area contributed by atoms with Crippen LogP contribution in [0, 0.1) is 29.6 Å². The van der Waals surface area contributed by atoms with E-state index in [1.54, 1.807) is 41.4 Å². The van der Waals surface area contributed by atoms with Gasteiger partial charge in [0.2, 0.25) is 0 Å². The average Bonchev–Trinajstić information content (AvgIpc) is 3.10. The molecular weight excluding hydrogens is 637 g/mol. The van der Waals surface area contributed by atoms with Crippen LogP contribution in [0.1, 0.15) is 16.7 Å². The number of hydrogen-bond donors (Lipinski definition) is 0. The lowest BCUT2D eigenvalue weighted by Gasteiger charge is -2.12. The van der Waals surface area contributed by atoms with E-state index in [0.717, 1.165) is 31.4 Å². The van der Waals surface area contributed by atoms with Crippen molar-refractivity contribution in [2.45, 2.75) is 31.4 Å². The molecule has 0 aliphatic rings. The van der Waals surface area contributed by atoms with Gasteiger partial charge in [0.25, 0.3) is 0 Å². The Morgan fingerprint density at radius 3 is 1.43 bits per heavy atom. The Labute approximate surface area is 288 Å². The predicted octanol–water partition coefficient (Wildman–Crippen LogP) is 12.0. The molecule has 0 aromatic heterocycles. The normalized spacial score (nSPS) is 10.6. The molecular formula is C40H28N2O2S3. The van der Waals surface area contributed by atoms with Gasteiger partial charge < -0.3 is 9.47 Å². The standard InChI is InChI=1S/C40H28N2O2S3/c1-27-5-3-6-38(36(27)25-41)43-30-13-9-28(10-14-30)29-11-15-31(16-12-29)44-39-7-4-8-40(37(39)26-42)47-35-23-21-34(22-24-35)46-33-19-17-32(45-2)18-20-33/h3-24H,1-2H3. The molecule has 0 unspecified atom stereocenters. The molecule has 0 N–H and O–H groups in total. The number of hydrogen-bond acceptors (Lipinski definition) is 7. The Balaban J connectivity index is 1.11. The maximum atomic E-state index is 10.1. The molecule has 0 saturated carbocycles. The first-order valence-electron chi connectivity index (χ1n) is 14.7. The smallest absolute Gasteiger partial charge is 0.146 e. The maximum absolute atomic E-state index is 10.1. The zero-order chi connectivity index (χ0) is 32.6. The molecule has 0 fully saturated rings. The van der Waals surface area contributed by atoms with Crippen molar-refractivity contribution in [3.05, 3.63) is 150 Å². The Bertz CT molecular complexity index is 2080. The fraction of sp³-hybridized carbons (Fsp3) is 0.0500. The number of nitriles is 2. The number of benzene rings is 6. The Kier molecular flexibility index (Phi) is 10.2. The molecule has 0 aliphatic heterocycles. The van der Waals surface area contributed by atoms with Crippen LogP contribution in [0.2, 0.25) is 0 Å². The zero-order valence-corrected chi connectivity index (χ0v) is 28.1. The van der Waals surface area contributed by atoms with Crippen LogP contribution < -0.4 is 9.47 Å². The molecule has 0 bridgehead atoms. The molecule has 0 saturated heterocycles. The topological polar surface area (TPSA) is 66.0 Å². The lowest BCUT2D eigenvalue weighted by atomic mass is 10.1. The van der Waals surface area contributed by atoms with Crippen molar-refractivity contribution >= 4 is 35.3 Å². The van der Waals surface area contributed by atoms with E-state index in [2.05, 4.69) is 66.9 Å². The van der Waals surface area contributed by atoms with Gasteiger partial charge in [-0.25, -0.2) is 0 Å². The monoisotopic (exact) mass is 664 g/mol. The minimum absolute atomic E-state index is 0.498. The zero-order valence-electron chi connectivity index (χ0n) is 25.6. The maximum Gasteiger partial charge on any atom is 0.146 e. The third kappa shape index (κ3) is 7.85. The van der Waals surface area contributed by atoms with Crippen LogP contribution >= 0.6 is 35.3 Å². The van der Waals surface area contributed by atoms with E-state index in [9.17, 15) is 10.5 Å². The molecule has 0 amide bonds. The van der Waals surface area contributed by atoms with Gasteiger partial charge in [0.05, 0.1) is 5.56 Å². The van der Waals surface area contributed by atoms with Crippen molar-refractivity contribution in [2.75, 3.05) is 6.26 Å². The second-order valence-corrected chi connectivity index (χ2v) is 13.5. The summed E-state index contributed by atoms with van der Waals surface area (Å²) in [7, 11) is 0. The van der Waals surface area contributed by atoms with E-state index >= 15 is 0 Å². The molecule has 47 heavy (non-hydrogen) atoms. The van der Waals surface area contributed by atoms with E-state index in [-0.39, 0.29) is 0 Å². The quantitative estimate of drug-likeness (QED) is 0.135. The number of thioether (sulfide) groups is 1. The highest BCUT2D eigenvalue weighted by molar-refractivity contribution is 8.00. The van der Waals surface area contributed by atoms with Crippen molar-refractivity contribution in [1.82, 2.24) is 0 Å². The van der Waals surface area contributed by atoms with Crippen LogP contribution in [-0.4, -0.2) is 6.26 Å². The van der Waals surface area contributed by atoms with Crippen molar-refractivity contribution in [1.29, 1.82) is 10.5 Å². The summed E-state index contributed by atoms with van der Waals surface area (Å²) in [6.07, 6.45) is 2.08. The fourth-order valence-corrected chi connectivity index (χ4v) is 6.97. The Morgan fingerprint density at radius 1 is 0.489 bits per heavy atom. The van der Waals surface area contributed by atoms with Crippen molar-refractivity contribution in [3.8, 4) is 46.3 Å².